The number of carbonyl (C=O) groups is 1. The van der Waals surface area contributed by atoms with E-state index in [9.17, 15) is 4.79 Å². The number of alkyl carbamates (subject to hydrolysis) is 1. The summed E-state index contributed by atoms with van der Waals surface area (Å²) in [6, 6.07) is 3.94. The van der Waals surface area contributed by atoms with Gasteiger partial charge in [-0.3, -0.25) is 4.98 Å². The molecule has 0 aliphatic carbocycles. The number of amides is 1. The van der Waals surface area contributed by atoms with Crippen LogP contribution in [-0.2, 0) is 11.3 Å². The second-order valence-electron chi connectivity index (χ2n) is 3.54. The molecule has 2 N–H and O–H groups in total. The SMILES string of the molecule is CCOC(=O)NCCCNCc1cccnc1. The molecule has 1 amide bonds. The molecular formula is C12H19N3O2. The van der Waals surface area contributed by atoms with Gasteiger partial charge in [0.15, 0.2) is 0 Å². The normalized spacial score (nSPS) is 9.94. The minimum absolute atomic E-state index is 0.347. The van der Waals surface area contributed by atoms with Gasteiger partial charge in [-0.05, 0) is 31.5 Å². The highest BCUT2D eigenvalue weighted by molar-refractivity contribution is 5.66. The molecule has 0 aliphatic rings. The van der Waals surface area contributed by atoms with Crippen LogP contribution in [0.5, 0.6) is 0 Å². The standard InChI is InChI=1S/C12H19N3O2/c1-2-17-12(16)15-8-4-7-14-10-11-5-3-6-13-9-11/h3,5-6,9,14H,2,4,7-8,10H2,1H3,(H,15,16). The van der Waals surface area contributed by atoms with Crippen molar-refractivity contribution in [1.82, 2.24) is 15.6 Å². The maximum Gasteiger partial charge on any atom is 0.407 e. The first-order valence-corrected chi connectivity index (χ1v) is 5.83. The lowest BCUT2D eigenvalue weighted by atomic mass is 10.3. The Morgan fingerprint density at radius 2 is 2.35 bits per heavy atom. The number of rotatable bonds is 7. The average Bonchev–Trinajstić information content (AvgIpc) is 2.35. The Morgan fingerprint density at radius 3 is 3.06 bits per heavy atom. The average molecular weight is 237 g/mol. The van der Waals surface area contributed by atoms with Gasteiger partial charge >= 0.3 is 6.09 Å². The zero-order chi connectivity index (χ0) is 12.3. The fourth-order valence-electron chi connectivity index (χ4n) is 1.32. The largest absolute Gasteiger partial charge is 0.450 e. The van der Waals surface area contributed by atoms with Crippen molar-refractivity contribution < 1.29 is 9.53 Å². The molecule has 0 radical (unpaired) electrons. The Morgan fingerprint density at radius 1 is 1.47 bits per heavy atom. The summed E-state index contributed by atoms with van der Waals surface area (Å²) in [5.41, 5.74) is 1.16. The van der Waals surface area contributed by atoms with E-state index < -0.39 is 0 Å². The van der Waals surface area contributed by atoms with Gasteiger partial charge in [-0.1, -0.05) is 6.07 Å². The first-order valence-electron chi connectivity index (χ1n) is 5.83. The molecule has 94 valence electrons. The van der Waals surface area contributed by atoms with Gasteiger partial charge in [0.1, 0.15) is 0 Å². The summed E-state index contributed by atoms with van der Waals surface area (Å²) in [5.74, 6) is 0. The lowest BCUT2D eigenvalue weighted by Crippen LogP contribution is -2.27. The van der Waals surface area contributed by atoms with E-state index in [1.807, 2.05) is 18.3 Å². The van der Waals surface area contributed by atoms with Crippen molar-refractivity contribution in [2.45, 2.75) is 19.9 Å². The van der Waals surface area contributed by atoms with Crippen LogP contribution in [0.3, 0.4) is 0 Å². The van der Waals surface area contributed by atoms with Crippen LogP contribution >= 0.6 is 0 Å². The quantitative estimate of drug-likeness (QED) is 0.702. The van der Waals surface area contributed by atoms with Crippen LogP contribution in [0.15, 0.2) is 24.5 Å². The Labute approximate surface area is 102 Å². The summed E-state index contributed by atoms with van der Waals surface area (Å²) in [4.78, 5) is 15.0. The monoisotopic (exact) mass is 237 g/mol. The van der Waals surface area contributed by atoms with E-state index in [4.69, 9.17) is 4.74 Å². The molecule has 5 nitrogen and oxygen atoms in total. The van der Waals surface area contributed by atoms with Gasteiger partial charge in [-0.2, -0.15) is 0 Å². The molecule has 0 saturated heterocycles. The van der Waals surface area contributed by atoms with E-state index in [0.717, 1.165) is 25.1 Å². The molecular weight excluding hydrogens is 218 g/mol. The molecule has 0 saturated carbocycles. The van der Waals surface area contributed by atoms with E-state index >= 15 is 0 Å². The number of nitrogens with zero attached hydrogens (tertiary/aromatic N) is 1. The minimum atomic E-state index is -0.347. The van der Waals surface area contributed by atoms with Crippen LogP contribution in [0, 0.1) is 0 Å². The molecule has 0 unspecified atom stereocenters. The van der Waals surface area contributed by atoms with Gasteiger partial charge in [0.25, 0.3) is 0 Å². The molecule has 0 fully saturated rings. The Hall–Kier alpha value is -1.62. The summed E-state index contributed by atoms with van der Waals surface area (Å²) in [6.45, 7) is 4.47. The smallest absolute Gasteiger partial charge is 0.407 e. The van der Waals surface area contributed by atoms with Crippen molar-refractivity contribution in [2.24, 2.45) is 0 Å². The van der Waals surface area contributed by atoms with Crippen molar-refractivity contribution >= 4 is 6.09 Å². The lowest BCUT2D eigenvalue weighted by molar-refractivity contribution is 0.152. The van der Waals surface area contributed by atoms with Crippen molar-refractivity contribution in [3.63, 3.8) is 0 Å². The Bertz CT molecular complexity index is 317. The number of pyridine rings is 1. The molecule has 0 bridgehead atoms. The predicted molar refractivity (Wildman–Crippen MR) is 65.6 cm³/mol. The molecule has 1 aromatic rings. The topological polar surface area (TPSA) is 63.2 Å². The molecule has 1 aromatic heterocycles. The van der Waals surface area contributed by atoms with Crippen LogP contribution in [0.2, 0.25) is 0 Å². The molecule has 5 heteroatoms. The van der Waals surface area contributed by atoms with E-state index in [-0.39, 0.29) is 6.09 Å². The van der Waals surface area contributed by atoms with Gasteiger partial charge in [0.2, 0.25) is 0 Å². The molecule has 0 spiro atoms. The van der Waals surface area contributed by atoms with Gasteiger partial charge < -0.3 is 15.4 Å². The first-order chi connectivity index (χ1) is 8.33. The number of hydrogen-bond acceptors (Lipinski definition) is 4. The molecule has 0 atom stereocenters. The zero-order valence-electron chi connectivity index (χ0n) is 10.1. The summed E-state index contributed by atoms with van der Waals surface area (Å²) in [7, 11) is 0. The van der Waals surface area contributed by atoms with Crippen LogP contribution in [0.4, 0.5) is 4.79 Å². The summed E-state index contributed by atoms with van der Waals surface area (Å²) in [6.07, 6.45) is 4.12. The predicted octanol–water partition coefficient (Wildman–Crippen LogP) is 1.31. The highest BCUT2D eigenvalue weighted by Crippen LogP contribution is 1.93. The van der Waals surface area contributed by atoms with Gasteiger partial charge in [-0.25, -0.2) is 4.79 Å². The number of carbonyl (C=O) groups excluding carboxylic acids is 1. The van der Waals surface area contributed by atoms with Crippen molar-refractivity contribution in [2.75, 3.05) is 19.7 Å². The van der Waals surface area contributed by atoms with Crippen LogP contribution in [-0.4, -0.2) is 30.8 Å². The van der Waals surface area contributed by atoms with E-state index in [1.165, 1.54) is 0 Å². The molecule has 0 aliphatic heterocycles. The first kappa shape index (κ1) is 13.4. The number of hydrogen-bond donors (Lipinski definition) is 2. The fourth-order valence-corrected chi connectivity index (χ4v) is 1.32. The van der Waals surface area contributed by atoms with Crippen LogP contribution < -0.4 is 10.6 Å². The minimum Gasteiger partial charge on any atom is -0.450 e. The summed E-state index contributed by atoms with van der Waals surface area (Å²) >= 11 is 0. The third kappa shape index (κ3) is 6.52. The zero-order valence-corrected chi connectivity index (χ0v) is 10.1. The Kier molecular flexibility index (Phi) is 6.74. The fraction of sp³-hybridized carbons (Fsp3) is 0.500. The second-order valence-corrected chi connectivity index (χ2v) is 3.54. The summed E-state index contributed by atoms with van der Waals surface area (Å²) < 4.78 is 4.74. The molecule has 1 heterocycles. The maximum atomic E-state index is 10.9. The third-order valence-corrected chi connectivity index (χ3v) is 2.13. The highest BCUT2D eigenvalue weighted by atomic mass is 16.5. The van der Waals surface area contributed by atoms with Crippen molar-refractivity contribution in [1.29, 1.82) is 0 Å². The number of nitrogens with one attached hydrogen (secondary N) is 2. The maximum absolute atomic E-state index is 10.9. The van der Waals surface area contributed by atoms with E-state index in [0.29, 0.717) is 13.2 Å². The molecule has 17 heavy (non-hydrogen) atoms. The van der Waals surface area contributed by atoms with E-state index in [1.54, 1.807) is 13.1 Å². The van der Waals surface area contributed by atoms with Gasteiger partial charge in [-0.15, -0.1) is 0 Å². The summed E-state index contributed by atoms with van der Waals surface area (Å²) in [5, 5.41) is 5.94. The van der Waals surface area contributed by atoms with Gasteiger partial charge in [0, 0.05) is 25.5 Å². The number of aromatic nitrogens is 1. The van der Waals surface area contributed by atoms with Crippen molar-refractivity contribution in [3.05, 3.63) is 30.1 Å². The second kappa shape index (κ2) is 8.52. The lowest BCUT2D eigenvalue weighted by Gasteiger charge is -2.06. The third-order valence-electron chi connectivity index (χ3n) is 2.13. The molecule has 1 rings (SSSR count). The Balaban J connectivity index is 1.96. The van der Waals surface area contributed by atoms with Gasteiger partial charge in [0.05, 0.1) is 6.61 Å². The molecule has 0 aromatic carbocycles. The van der Waals surface area contributed by atoms with Crippen LogP contribution in [0.25, 0.3) is 0 Å². The van der Waals surface area contributed by atoms with Crippen molar-refractivity contribution in [3.8, 4) is 0 Å². The number of ether oxygens (including phenoxy) is 1. The van der Waals surface area contributed by atoms with Crippen LogP contribution in [0.1, 0.15) is 18.9 Å². The highest BCUT2D eigenvalue weighted by Gasteiger charge is 1.97. The van der Waals surface area contributed by atoms with E-state index in [2.05, 4.69) is 15.6 Å².